The quantitative estimate of drug-likeness (QED) is 0.667. The molecule has 2 unspecified atom stereocenters. The summed E-state index contributed by atoms with van der Waals surface area (Å²) >= 11 is 4.96. The highest BCUT2D eigenvalue weighted by molar-refractivity contribution is 7.80. The van der Waals surface area contributed by atoms with E-state index in [1.54, 1.807) is 6.92 Å². The number of amides is 2. The van der Waals surface area contributed by atoms with Crippen LogP contribution in [0.15, 0.2) is 0 Å². The SMILES string of the molecule is CCC(C)(C(=O)N1CCOCC1C(N)=O)C(N)=S. The van der Waals surface area contributed by atoms with E-state index in [4.69, 9.17) is 28.4 Å². The molecule has 0 saturated carbocycles. The van der Waals surface area contributed by atoms with Crippen LogP contribution in [-0.4, -0.2) is 47.5 Å². The van der Waals surface area contributed by atoms with Gasteiger partial charge >= 0.3 is 0 Å². The summed E-state index contributed by atoms with van der Waals surface area (Å²) in [5.74, 6) is -0.839. The summed E-state index contributed by atoms with van der Waals surface area (Å²) in [5.41, 5.74) is 9.98. The number of hydrogen-bond donors (Lipinski definition) is 2. The first-order valence-electron chi connectivity index (χ1n) is 5.82. The maximum absolute atomic E-state index is 12.5. The van der Waals surface area contributed by atoms with Crippen molar-refractivity contribution in [1.82, 2.24) is 4.90 Å². The average Bonchev–Trinajstić information content (AvgIpc) is 2.36. The summed E-state index contributed by atoms with van der Waals surface area (Å²) in [4.78, 5) is 25.4. The van der Waals surface area contributed by atoms with E-state index in [-0.39, 0.29) is 17.5 Å². The highest BCUT2D eigenvalue weighted by Crippen LogP contribution is 2.26. The molecule has 0 aromatic heterocycles. The second-order valence-corrected chi connectivity index (χ2v) is 4.98. The number of morpholine rings is 1. The zero-order chi connectivity index (χ0) is 13.9. The van der Waals surface area contributed by atoms with Crippen molar-refractivity contribution in [2.75, 3.05) is 19.8 Å². The molecule has 0 aromatic rings. The summed E-state index contributed by atoms with van der Waals surface area (Å²) in [5, 5.41) is 0. The molecule has 1 rings (SSSR count). The van der Waals surface area contributed by atoms with Crippen LogP contribution in [0, 0.1) is 5.41 Å². The van der Waals surface area contributed by atoms with Gasteiger partial charge < -0.3 is 21.1 Å². The van der Waals surface area contributed by atoms with E-state index >= 15 is 0 Å². The van der Waals surface area contributed by atoms with Crippen molar-refractivity contribution in [2.24, 2.45) is 16.9 Å². The normalized spacial score (nSPS) is 23.2. The van der Waals surface area contributed by atoms with Gasteiger partial charge in [0.2, 0.25) is 11.8 Å². The van der Waals surface area contributed by atoms with Gasteiger partial charge in [0, 0.05) is 6.54 Å². The smallest absolute Gasteiger partial charge is 0.242 e. The lowest BCUT2D eigenvalue weighted by Crippen LogP contribution is -2.59. The van der Waals surface area contributed by atoms with E-state index < -0.39 is 17.4 Å². The molecule has 2 atom stereocenters. The summed E-state index contributed by atoms with van der Waals surface area (Å²) in [6.07, 6.45) is 0.476. The van der Waals surface area contributed by atoms with Gasteiger partial charge in [0.25, 0.3) is 0 Å². The van der Waals surface area contributed by atoms with Gasteiger partial charge in [-0.05, 0) is 13.3 Å². The molecule has 6 nitrogen and oxygen atoms in total. The van der Waals surface area contributed by atoms with Gasteiger partial charge in [-0.3, -0.25) is 9.59 Å². The Balaban J connectivity index is 2.99. The van der Waals surface area contributed by atoms with Crippen LogP contribution < -0.4 is 11.5 Å². The third-order valence-corrected chi connectivity index (χ3v) is 3.89. The molecule has 4 N–H and O–H groups in total. The lowest BCUT2D eigenvalue weighted by atomic mass is 9.85. The number of nitrogens with two attached hydrogens (primary N) is 2. The number of primary amides is 1. The molecule has 0 bridgehead atoms. The van der Waals surface area contributed by atoms with E-state index in [1.165, 1.54) is 4.90 Å². The largest absolute Gasteiger partial charge is 0.392 e. The van der Waals surface area contributed by atoms with Crippen LogP contribution in [0.5, 0.6) is 0 Å². The molecule has 0 radical (unpaired) electrons. The van der Waals surface area contributed by atoms with Gasteiger partial charge in [0.15, 0.2) is 0 Å². The summed E-state index contributed by atoms with van der Waals surface area (Å²) < 4.78 is 5.17. The predicted octanol–water partition coefficient (Wildman–Crippen LogP) is -0.598. The molecule has 1 aliphatic heterocycles. The summed E-state index contributed by atoms with van der Waals surface area (Å²) in [6.45, 7) is 4.34. The summed E-state index contributed by atoms with van der Waals surface area (Å²) in [6, 6.07) is -0.744. The van der Waals surface area contributed by atoms with E-state index in [9.17, 15) is 9.59 Å². The van der Waals surface area contributed by atoms with Crippen molar-refractivity contribution < 1.29 is 14.3 Å². The molecular weight excluding hydrogens is 254 g/mol. The minimum absolute atomic E-state index is 0.123. The Hall–Kier alpha value is -1.21. The predicted molar refractivity (Wildman–Crippen MR) is 70.7 cm³/mol. The highest BCUT2D eigenvalue weighted by Gasteiger charge is 2.42. The van der Waals surface area contributed by atoms with Crippen molar-refractivity contribution in [2.45, 2.75) is 26.3 Å². The van der Waals surface area contributed by atoms with Gasteiger partial charge in [-0.25, -0.2) is 0 Å². The third-order valence-electron chi connectivity index (χ3n) is 3.44. The fraction of sp³-hybridized carbons (Fsp3) is 0.727. The Morgan fingerprint density at radius 1 is 1.50 bits per heavy atom. The van der Waals surface area contributed by atoms with Crippen LogP contribution in [0.25, 0.3) is 0 Å². The van der Waals surface area contributed by atoms with Crippen molar-refractivity contribution >= 4 is 29.0 Å². The Kier molecular flexibility index (Phi) is 4.64. The van der Waals surface area contributed by atoms with Crippen LogP contribution in [0.3, 0.4) is 0 Å². The standard InChI is InChI=1S/C11H19N3O3S/c1-3-11(2,9(13)18)10(16)14-4-5-17-6-7(14)8(12)15/h7H,3-6H2,1-2H3,(H2,12,15)(H2,13,18). The van der Waals surface area contributed by atoms with Crippen molar-refractivity contribution in [1.29, 1.82) is 0 Å². The first kappa shape index (κ1) is 14.8. The molecule has 7 heteroatoms. The summed E-state index contributed by atoms with van der Waals surface area (Å²) in [7, 11) is 0. The molecule has 102 valence electrons. The van der Waals surface area contributed by atoms with Crippen molar-refractivity contribution in [3.8, 4) is 0 Å². The monoisotopic (exact) mass is 273 g/mol. The van der Waals surface area contributed by atoms with Crippen LogP contribution in [0.1, 0.15) is 20.3 Å². The molecule has 1 fully saturated rings. The highest BCUT2D eigenvalue weighted by atomic mass is 32.1. The topological polar surface area (TPSA) is 98.6 Å². The first-order chi connectivity index (χ1) is 8.34. The molecule has 2 amide bonds. The lowest BCUT2D eigenvalue weighted by Gasteiger charge is -2.39. The number of thiocarbonyl (C=S) groups is 1. The van der Waals surface area contributed by atoms with Gasteiger partial charge in [0.05, 0.1) is 23.6 Å². The third kappa shape index (κ3) is 2.62. The van der Waals surface area contributed by atoms with Crippen LogP contribution in [-0.2, 0) is 14.3 Å². The van der Waals surface area contributed by atoms with Gasteiger partial charge in [-0.15, -0.1) is 0 Å². The maximum atomic E-state index is 12.5. The maximum Gasteiger partial charge on any atom is 0.242 e. The molecule has 1 aliphatic rings. The lowest BCUT2D eigenvalue weighted by molar-refractivity contribution is -0.152. The number of nitrogens with zero attached hydrogens (tertiary/aromatic N) is 1. The molecule has 1 heterocycles. The van der Waals surface area contributed by atoms with Crippen molar-refractivity contribution in [3.63, 3.8) is 0 Å². The molecule has 18 heavy (non-hydrogen) atoms. The van der Waals surface area contributed by atoms with E-state index in [1.807, 2.05) is 6.92 Å². The zero-order valence-electron chi connectivity index (χ0n) is 10.6. The minimum Gasteiger partial charge on any atom is -0.392 e. The second-order valence-electron chi connectivity index (χ2n) is 4.54. The fourth-order valence-corrected chi connectivity index (χ4v) is 2.06. The van der Waals surface area contributed by atoms with E-state index in [0.717, 1.165) is 0 Å². The Bertz CT molecular complexity index is 375. The van der Waals surface area contributed by atoms with E-state index in [2.05, 4.69) is 0 Å². The number of carbonyl (C=O) groups excluding carboxylic acids is 2. The fourth-order valence-electron chi connectivity index (χ4n) is 1.83. The Morgan fingerprint density at radius 3 is 2.56 bits per heavy atom. The second kappa shape index (κ2) is 5.62. The van der Waals surface area contributed by atoms with Crippen LogP contribution >= 0.6 is 12.2 Å². The Labute approximate surface area is 112 Å². The van der Waals surface area contributed by atoms with Crippen LogP contribution in [0.2, 0.25) is 0 Å². The average molecular weight is 273 g/mol. The van der Waals surface area contributed by atoms with Crippen LogP contribution in [0.4, 0.5) is 0 Å². The minimum atomic E-state index is -0.944. The molecule has 0 aliphatic carbocycles. The zero-order valence-corrected chi connectivity index (χ0v) is 11.5. The molecular formula is C11H19N3O3S. The molecule has 0 aromatic carbocycles. The van der Waals surface area contributed by atoms with Gasteiger partial charge in [-0.1, -0.05) is 19.1 Å². The number of ether oxygens (including phenoxy) is 1. The molecule has 0 spiro atoms. The number of carbonyl (C=O) groups is 2. The molecule has 1 saturated heterocycles. The number of rotatable bonds is 4. The first-order valence-corrected chi connectivity index (χ1v) is 6.23. The van der Waals surface area contributed by atoms with E-state index in [0.29, 0.717) is 19.6 Å². The van der Waals surface area contributed by atoms with Gasteiger partial charge in [-0.2, -0.15) is 0 Å². The van der Waals surface area contributed by atoms with Gasteiger partial charge in [0.1, 0.15) is 6.04 Å². The Morgan fingerprint density at radius 2 is 2.11 bits per heavy atom. The number of hydrogen-bond acceptors (Lipinski definition) is 4. The van der Waals surface area contributed by atoms with Crippen molar-refractivity contribution in [3.05, 3.63) is 0 Å².